The first-order valence-electron chi connectivity index (χ1n) is 4.29. The Kier molecular flexibility index (Phi) is 2.14. The van der Waals surface area contributed by atoms with Crippen LogP contribution >= 0.6 is 0 Å². The number of H-pyrrole nitrogens is 1. The molecule has 0 aliphatic carbocycles. The van der Waals surface area contributed by atoms with Crippen LogP contribution in [-0.4, -0.2) is 20.0 Å². The maximum absolute atomic E-state index is 12.6. The molecule has 2 rings (SSSR count). The van der Waals surface area contributed by atoms with Crippen LogP contribution in [0.3, 0.4) is 0 Å². The second-order valence-electron chi connectivity index (χ2n) is 3.23. The van der Waals surface area contributed by atoms with Gasteiger partial charge in [-0.3, -0.25) is 9.78 Å². The summed E-state index contributed by atoms with van der Waals surface area (Å²) in [6.45, 7) is 0. The number of aromatic amines is 1. The van der Waals surface area contributed by atoms with Crippen LogP contribution in [0.15, 0.2) is 12.4 Å². The molecule has 8 heteroatoms. The number of hydrogen-bond acceptors (Lipinski definition) is 3. The lowest BCUT2D eigenvalue weighted by molar-refractivity contribution is -0.140. The summed E-state index contributed by atoms with van der Waals surface area (Å²) in [6.07, 6.45) is -2.12. The molecule has 2 aromatic rings. The van der Waals surface area contributed by atoms with Crippen LogP contribution < -0.4 is 5.73 Å². The highest BCUT2D eigenvalue weighted by atomic mass is 19.4. The van der Waals surface area contributed by atoms with E-state index in [1.54, 1.807) is 0 Å². The molecule has 0 saturated heterocycles. The lowest BCUT2D eigenvalue weighted by Crippen LogP contribution is -2.08. The van der Waals surface area contributed by atoms with Crippen LogP contribution in [0.4, 0.5) is 18.9 Å². The van der Waals surface area contributed by atoms with Crippen molar-refractivity contribution >= 4 is 5.69 Å². The largest absolute Gasteiger partial charge is 0.433 e. The zero-order chi connectivity index (χ0) is 11.9. The summed E-state index contributed by atoms with van der Waals surface area (Å²) in [4.78, 5) is 0. The van der Waals surface area contributed by atoms with Crippen LogP contribution in [-0.2, 0) is 13.2 Å². The topological polar surface area (TPSA) is 72.5 Å². The SMILES string of the molecule is Cn1ncc(N)c1-c1cn[nH]c1C(F)(F)F. The third kappa shape index (κ3) is 1.51. The first-order valence-corrected chi connectivity index (χ1v) is 4.29. The van der Waals surface area contributed by atoms with Gasteiger partial charge in [0.2, 0.25) is 0 Å². The maximum atomic E-state index is 12.6. The Hall–Kier alpha value is -1.99. The molecule has 86 valence electrons. The molecule has 0 saturated carbocycles. The Balaban J connectivity index is 2.62. The minimum Gasteiger partial charge on any atom is -0.396 e. The van der Waals surface area contributed by atoms with Gasteiger partial charge in [-0.05, 0) is 0 Å². The number of nitrogen functional groups attached to an aromatic ring is 1. The zero-order valence-corrected chi connectivity index (χ0v) is 8.21. The van der Waals surface area contributed by atoms with Crippen LogP contribution in [0, 0.1) is 0 Å². The number of hydrogen-bond donors (Lipinski definition) is 2. The number of aromatic nitrogens is 4. The van der Waals surface area contributed by atoms with Crippen molar-refractivity contribution in [2.24, 2.45) is 7.05 Å². The summed E-state index contributed by atoms with van der Waals surface area (Å²) >= 11 is 0. The fourth-order valence-corrected chi connectivity index (χ4v) is 1.47. The molecule has 0 unspecified atom stereocenters. The van der Waals surface area contributed by atoms with Gasteiger partial charge < -0.3 is 5.73 Å². The van der Waals surface area contributed by atoms with E-state index in [1.807, 2.05) is 5.10 Å². The number of anilines is 1. The molecule has 3 N–H and O–H groups in total. The molecule has 5 nitrogen and oxygen atoms in total. The summed E-state index contributed by atoms with van der Waals surface area (Å²) in [7, 11) is 1.51. The van der Waals surface area contributed by atoms with Gasteiger partial charge in [0.1, 0.15) is 5.69 Å². The molecule has 0 radical (unpaired) electrons. The van der Waals surface area contributed by atoms with E-state index in [0.717, 1.165) is 6.20 Å². The van der Waals surface area contributed by atoms with Gasteiger partial charge in [-0.15, -0.1) is 0 Å². The third-order valence-corrected chi connectivity index (χ3v) is 2.15. The summed E-state index contributed by atoms with van der Waals surface area (Å²) in [6, 6.07) is 0. The lowest BCUT2D eigenvalue weighted by Gasteiger charge is -2.07. The van der Waals surface area contributed by atoms with E-state index >= 15 is 0 Å². The van der Waals surface area contributed by atoms with Crippen LogP contribution in [0.25, 0.3) is 11.3 Å². The van der Waals surface area contributed by atoms with E-state index < -0.39 is 11.9 Å². The average molecular weight is 231 g/mol. The molecule has 0 aliphatic rings. The Morgan fingerprint density at radius 2 is 2.06 bits per heavy atom. The van der Waals surface area contributed by atoms with Gasteiger partial charge in [-0.2, -0.15) is 23.4 Å². The number of nitrogens with two attached hydrogens (primary N) is 1. The van der Waals surface area contributed by atoms with E-state index in [4.69, 9.17) is 5.73 Å². The van der Waals surface area contributed by atoms with Crippen molar-refractivity contribution in [2.45, 2.75) is 6.18 Å². The Morgan fingerprint density at radius 1 is 1.38 bits per heavy atom. The van der Waals surface area contributed by atoms with E-state index in [2.05, 4.69) is 10.2 Å². The maximum Gasteiger partial charge on any atom is 0.433 e. The Bertz CT molecular complexity index is 490. The fourth-order valence-electron chi connectivity index (χ4n) is 1.47. The van der Waals surface area contributed by atoms with Gasteiger partial charge in [0.05, 0.1) is 29.3 Å². The third-order valence-electron chi connectivity index (χ3n) is 2.15. The Labute approximate surface area is 88.1 Å². The van der Waals surface area contributed by atoms with E-state index in [0.29, 0.717) is 0 Å². The molecule has 0 atom stereocenters. The van der Waals surface area contributed by atoms with Crippen molar-refractivity contribution in [1.29, 1.82) is 0 Å². The number of nitrogens with one attached hydrogen (secondary N) is 1. The molecule has 0 fully saturated rings. The van der Waals surface area contributed by atoms with Gasteiger partial charge in [0, 0.05) is 7.05 Å². The number of alkyl halides is 3. The predicted molar refractivity (Wildman–Crippen MR) is 50.2 cm³/mol. The molecule has 2 heterocycles. The second kappa shape index (κ2) is 3.26. The average Bonchev–Trinajstić information content (AvgIpc) is 2.72. The smallest absolute Gasteiger partial charge is 0.396 e. The van der Waals surface area contributed by atoms with E-state index in [9.17, 15) is 13.2 Å². The summed E-state index contributed by atoms with van der Waals surface area (Å²) in [5.74, 6) is 0. The van der Waals surface area contributed by atoms with Crippen molar-refractivity contribution in [3.63, 3.8) is 0 Å². The van der Waals surface area contributed by atoms with Crippen molar-refractivity contribution in [3.8, 4) is 11.3 Å². The molecule has 0 spiro atoms. The number of rotatable bonds is 1. The van der Waals surface area contributed by atoms with Gasteiger partial charge in [0.25, 0.3) is 0 Å². The summed E-state index contributed by atoms with van der Waals surface area (Å²) in [5, 5.41) is 9.08. The molecule has 0 aliphatic heterocycles. The van der Waals surface area contributed by atoms with E-state index in [1.165, 1.54) is 17.9 Å². The van der Waals surface area contributed by atoms with Crippen molar-refractivity contribution < 1.29 is 13.2 Å². The first-order chi connectivity index (χ1) is 7.41. The monoisotopic (exact) mass is 231 g/mol. The quantitative estimate of drug-likeness (QED) is 0.779. The first kappa shape index (κ1) is 10.5. The standard InChI is InChI=1S/C8H8F3N5/c1-16-6(5(12)3-14-16)4-2-13-15-7(4)8(9,10)11/h2-3H,12H2,1H3,(H,13,15). The zero-order valence-electron chi connectivity index (χ0n) is 8.21. The number of aryl methyl sites for hydroxylation is 1. The molecule has 2 aromatic heterocycles. The highest BCUT2D eigenvalue weighted by molar-refractivity contribution is 5.74. The van der Waals surface area contributed by atoms with Gasteiger partial charge in [-0.1, -0.05) is 0 Å². The van der Waals surface area contributed by atoms with Gasteiger partial charge in [-0.25, -0.2) is 0 Å². The normalized spacial score (nSPS) is 12.0. The van der Waals surface area contributed by atoms with Crippen LogP contribution in [0.5, 0.6) is 0 Å². The van der Waals surface area contributed by atoms with Crippen molar-refractivity contribution in [3.05, 3.63) is 18.1 Å². The molecule has 16 heavy (non-hydrogen) atoms. The van der Waals surface area contributed by atoms with Crippen molar-refractivity contribution in [1.82, 2.24) is 20.0 Å². The molecule has 0 aromatic carbocycles. The minimum absolute atomic E-state index is 0.106. The van der Waals surface area contributed by atoms with Crippen LogP contribution in [0.1, 0.15) is 5.69 Å². The molecular weight excluding hydrogens is 223 g/mol. The highest BCUT2D eigenvalue weighted by Gasteiger charge is 2.37. The van der Waals surface area contributed by atoms with Gasteiger partial charge in [0.15, 0.2) is 0 Å². The van der Waals surface area contributed by atoms with Gasteiger partial charge >= 0.3 is 6.18 Å². The predicted octanol–water partition coefficient (Wildman–Crippen LogP) is 1.41. The van der Waals surface area contributed by atoms with Crippen molar-refractivity contribution in [2.75, 3.05) is 5.73 Å². The Morgan fingerprint density at radius 3 is 2.56 bits per heavy atom. The molecule has 0 amide bonds. The number of halogens is 3. The van der Waals surface area contributed by atoms with Crippen LogP contribution in [0.2, 0.25) is 0 Å². The minimum atomic E-state index is -4.50. The van der Waals surface area contributed by atoms with E-state index in [-0.39, 0.29) is 16.9 Å². The highest BCUT2D eigenvalue weighted by Crippen LogP contribution is 2.36. The summed E-state index contributed by atoms with van der Waals surface area (Å²) in [5.41, 5.74) is 4.89. The lowest BCUT2D eigenvalue weighted by atomic mass is 10.1. The summed E-state index contributed by atoms with van der Waals surface area (Å²) < 4.78 is 39.1. The molecule has 0 bridgehead atoms. The number of nitrogens with zero attached hydrogens (tertiary/aromatic N) is 3. The second-order valence-corrected chi connectivity index (χ2v) is 3.23. The fraction of sp³-hybridized carbons (Fsp3) is 0.250. The molecular formula is C8H8F3N5.